The Balaban J connectivity index is 2.74. The maximum Gasteiger partial charge on any atom is 0.280 e. The van der Waals surface area contributed by atoms with Crippen LogP contribution in [-0.4, -0.2) is 4.98 Å². The summed E-state index contributed by atoms with van der Waals surface area (Å²) in [5.41, 5.74) is 5.43. The highest BCUT2D eigenvalue weighted by Gasteiger charge is 2.12. The minimum atomic E-state index is -2.71. The lowest BCUT2D eigenvalue weighted by molar-refractivity contribution is 0.146. The summed E-state index contributed by atoms with van der Waals surface area (Å²) < 4.78 is 37.6. The third-order valence-electron chi connectivity index (χ3n) is 2.05. The van der Waals surface area contributed by atoms with Gasteiger partial charge in [-0.2, -0.15) is 0 Å². The molecule has 1 aromatic heterocycles. The summed E-state index contributed by atoms with van der Waals surface area (Å²) in [5.74, 6) is -0.527. The van der Waals surface area contributed by atoms with Crippen molar-refractivity contribution in [3.63, 3.8) is 0 Å². The molecule has 78 valence electrons. The van der Waals surface area contributed by atoms with E-state index in [2.05, 4.69) is 4.98 Å². The van der Waals surface area contributed by atoms with Crippen molar-refractivity contribution in [3.8, 4) is 0 Å². The lowest BCUT2D eigenvalue weighted by Crippen LogP contribution is -1.96. The lowest BCUT2D eigenvalue weighted by atomic mass is 10.1. The van der Waals surface area contributed by atoms with E-state index in [9.17, 15) is 13.2 Å². The Labute approximate surface area is 83.5 Å². The molecule has 0 bridgehead atoms. The maximum atomic E-state index is 12.8. The van der Waals surface area contributed by atoms with Gasteiger partial charge in [0.2, 0.25) is 0 Å². The molecule has 0 radical (unpaired) electrons. The van der Waals surface area contributed by atoms with Crippen LogP contribution in [0, 0.1) is 5.82 Å². The van der Waals surface area contributed by atoms with Gasteiger partial charge < -0.3 is 5.73 Å². The highest BCUT2D eigenvalue weighted by atomic mass is 19.3. The van der Waals surface area contributed by atoms with E-state index in [0.29, 0.717) is 5.39 Å². The lowest BCUT2D eigenvalue weighted by Gasteiger charge is -2.05. The van der Waals surface area contributed by atoms with Crippen LogP contribution in [-0.2, 0) is 0 Å². The Hall–Kier alpha value is -1.78. The van der Waals surface area contributed by atoms with Crippen molar-refractivity contribution in [2.45, 2.75) is 6.43 Å². The van der Waals surface area contributed by atoms with Crippen molar-refractivity contribution in [2.75, 3.05) is 5.73 Å². The number of nitrogens with two attached hydrogens (primary N) is 1. The summed E-state index contributed by atoms with van der Waals surface area (Å²) in [5, 5.41) is 0.473. The Bertz CT molecular complexity index is 511. The fraction of sp³-hybridized carbons (Fsp3) is 0.100. The number of anilines is 1. The van der Waals surface area contributed by atoms with E-state index < -0.39 is 17.9 Å². The van der Waals surface area contributed by atoms with Crippen molar-refractivity contribution in [1.29, 1.82) is 0 Å². The van der Waals surface area contributed by atoms with Gasteiger partial charge in [-0.15, -0.1) is 0 Å². The van der Waals surface area contributed by atoms with Crippen LogP contribution in [0.1, 0.15) is 12.1 Å². The normalized spacial score (nSPS) is 11.2. The van der Waals surface area contributed by atoms with E-state index in [1.807, 2.05) is 0 Å². The van der Waals surface area contributed by atoms with Gasteiger partial charge >= 0.3 is 0 Å². The summed E-state index contributed by atoms with van der Waals surface area (Å²) in [6.07, 6.45) is -2.71. The average molecular weight is 212 g/mol. The summed E-state index contributed by atoms with van der Waals surface area (Å²) in [6.45, 7) is 0. The van der Waals surface area contributed by atoms with Crippen LogP contribution in [0.3, 0.4) is 0 Å². The molecule has 0 saturated heterocycles. The van der Waals surface area contributed by atoms with Crippen molar-refractivity contribution in [3.05, 3.63) is 35.8 Å². The minimum Gasteiger partial charge on any atom is -0.398 e. The fourth-order valence-electron chi connectivity index (χ4n) is 1.36. The number of fused-ring (bicyclic) bond motifs is 1. The van der Waals surface area contributed by atoms with Crippen LogP contribution in [0.15, 0.2) is 24.3 Å². The van der Waals surface area contributed by atoms with Gasteiger partial charge in [0.25, 0.3) is 6.43 Å². The number of hydrogen-bond donors (Lipinski definition) is 1. The standard InChI is InChI=1S/C10H7F3N2/c11-5-1-2-6-7(14)4-9(10(12)13)15-8(6)3-5/h1-4,10H,(H2,14,15). The molecule has 15 heavy (non-hydrogen) atoms. The van der Waals surface area contributed by atoms with E-state index in [1.54, 1.807) is 0 Å². The molecule has 0 aliphatic rings. The molecule has 0 aliphatic heterocycles. The van der Waals surface area contributed by atoms with Gasteiger partial charge in [0.05, 0.1) is 5.52 Å². The molecule has 5 heteroatoms. The number of alkyl halides is 2. The van der Waals surface area contributed by atoms with Gasteiger partial charge in [-0.25, -0.2) is 18.2 Å². The zero-order valence-corrected chi connectivity index (χ0v) is 7.55. The molecule has 2 rings (SSSR count). The maximum absolute atomic E-state index is 12.8. The molecule has 0 unspecified atom stereocenters. The van der Waals surface area contributed by atoms with Crippen LogP contribution in [0.4, 0.5) is 18.9 Å². The second kappa shape index (κ2) is 3.42. The zero-order valence-electron chi connectivity index (χ0n) is 7.55. The summed E-state index contributed by atoms with van der Waals surface area (Å²) >= 11 is 0. The molecule has 0 amide bonds. The van der Waals surface area contributed by atoms with Gasteiger partial charge in [0.15, 0.2) is 0 Å². The van der Waals surface area contributed by atoms with Crippen LogP contribution < -0.4 is 5.73 Å². The predicted molar refractivity (Wildman–Crippen MR) is 51.1 cm³/mol. The number of benzene rings is 1. The Morgan fingerprint density at radius 1 is 1.20 bits per heavy atom. The Morgan fingerprint density at radius 2 is 1.93 bits per heavy atom. The summed E-state index contributed by atoms with van der Waals surface area (Å²) in [6, 6.07) is 4.81. The largest absolute Gasteiger partial charge is 0.398 e. The highest BCUT2D eigenvalue weighted by molar-refractivity contribution is 5.90. The fourth-order valence-corrected chi connectivity index (χ4v) is 1.36. The van der Waals surface area contributed by atoms with E-state index in [4.69, 9.17) is 5.73 Å². The topological polar surface area (TPSA) is 38.9 Å². The molecule has 2 nitrogen and oxygen atoms in total. The van der Waals surface area contributed by atoms with Crippen LogP contribution >= 0.6 is 0 Å². The highest BCUT2D eigenvalue weighted by Crippen LogP contribution is 2.25. The van der Waals surface area contributed by atoms with Crippen molar-refractivity contribution in [1.82, 2.24) is 4.98 Å². The third-order valence-corrected chi connectivity index (χ3v) is 2.05. The van der Waals surface area contributed by atoms with Crippen molar-refractivity contribution in [2.24, 2.45) is 0 Å². The van der Waals surface area contributed by atoms with Crippen LogP contribution in [0.5, 0.6) is 0 Å². The van der Waals surface area contributed by atoms with Crippen molar-refractivity contribution >= 4 is 16.6 Å². The summed E-state index contributed by atoms with van der Waals surface area (Å²) in [4.78, 5) is 3.63. The van der Waals surface area contributed by atoms with E-state index in [-0.39, 0.29) is 11.2 Å². The first-order valence-corrected chi connectivity index (χ1v) is 4.22. The molecule has 1 aromatic carbocycles. The zero-order chi connectivity index (χ0) is 11.0. The molecule has 0 spiro atoms. The molecular formula is C10H7F3N2. The van der Waals surface area contributed by atoms with E-state index >= 15 is 0 Å². The Morgan fingerprint density at radius 3 is 2.60 bits per heavy atom. The first-order chi connectivity index (χ1) is 7.08. The smallest absolute Gasteiger partial charge is 0.280 e. The van der Waals surface area contributed by atoms with E-state index in [1.165, 1.54) is 12.1 Å². The van der Waals surface area contributed by atoms with Crippen LogP contribution in [0.2, 0.25) is 0 Å². The number of pyridine rings is 1. The molecular weight excluding hydrogens is 205 g/mol. The van der Waals surface area contributed by atoms with E-state index in [0.717, 1.165) is 12.1 Å². The SMILES string of the molecule is Nc1cc(C(F)F)nc2cc(F)ccc12. The quantitative estimate of drug-likeness (QED) is 0.789. The molecule has 0 aliphatic carbocycles. The van der Waals surface area contributed by atoms with Gasteiger partial charge in [-0.05, 0) is 18.2 Å². The number of rotatable bonds is 1. The first kappa shape index (κ1) is 9.76. The molecule has 2 N–H and O–H groups in total. The van der Waals surface area contributed by atoms with Gasteiger partial charge in [-0.1, -0.05) is 0 Å². The first-order valence-electron chi connectivity index (χ1n) is 4.22. The number of nitrogen functional groups attached to an aromatic ring is 1. The number of halogens is 3. The number of aromatic nitrogens is 1. The second-order valence-corrected chi connectivity index (χ2v) is 3.10. The minimum absolute atomic E-state index is 0.144. The molecule has 0 atom stereocenters. The van der Waals surface area contributed by atoms with Gasteiger partial charge in [0, 0.05) is 17.1 Å². The predicted octanol–water partition coefficient (Wildman–Crippen LogP) is 2.89. The number of hydrogen-bond acceptors (Lipinski definition) is 2. The second-order valence-electron chi connectivity index (χ2n) is 3.10. The monoisotopic (exact) mass is 212 g/mol. The summed E-state index contributed by atoms with van der Waals surface area (Å²) in [7, 11) is 0. The molecule has 2 aromatic rings. The molecule has 0 fully saturated rings. The molecule has 0 saturated carbocycles. The van der Waals surface area contributed by atoms with Gasteiger partial charge in [0.1, 0.15) is 11.5 Å². The average Bonchev–Trinajstić information content (AvgIpc) is 2.16. The third kappa shape index (κ3) is 1.72. The number of nitrogens with zero attached hydrogens (tertiary/aromatic N) is 1. The van der Waals surface area contributed by atoms with Gasteiger partial charge in [-0.3, -0.25) is 0 Å². The Kier molecular flexibility index (Phi) is 2.22. The van der Waals surface area contributed by atoms with Crippen molar-refractivity contribution < 1.29 is 13.2 Å². The molecule has 1 heterocycles. The van der Waals surface area contributed by atoms with Crippen LogP contribution in [0.25, 0.3) is 10.9 Å².